The molecule has 0 unspecified atom stereocenters. The Morgan fingerprint density at radius 1 is 1.07 bits per heavy atom. The van der Waals surface area contributed by atoms with Crippen LogP contribution < -0.4 is 21.1 Å². The van der Waals surface area contributed by atoms with Crippen LogP contribution in [0.5, 0.6) is 11.5 Å². The molecular formula is C20H21ClFN5O. The average Bonchev–Trinajstić information content (AvgIpc) is 2.64. The van der Waals surface area contributed by atoms with Crippen molar-refractivity contribution in [2.24, 2.45) is 21.5 Å². The lowest BCUT2D eigenvalue weighted by Crippen LogP contribution is -2.58. The van der Waals surface area contributed by atoms with E-state index in [9.17, 15) is 4.39 Å². The van der Waals surface area contributed by atoms with Gasteiger partial charge >= 0.3 is 0 Å². The van der Waals surface area contributed by atoms with Gasteiger partial charge in [-0.05, 0) is 56.0 Å². The Hall–Kier alpha value is -2.80. The number of nitrogens with zero attached hydrogens (tertiary/aromatic N) is 3. The van der Waals surface area contributed by atoms with Crippen LogP contribution in [0.3, 0.4) is 0 Å². The molecule has 1 spiro atoms. The lowest BCUT2D eigenvalue weighted by atomic mass is 9.87. The average molecular weight is 402 g/mol. The van der Waals surface area contributed by atoms with Crippen LogP contribution in [0.2, 0.25) is 5.02 Å². The van der Waals surface area contributed by atoms with Gasteiger partial charge in [-0.25, -0.2) is 9.38 Å². The van der Waals surface area contributed by atoms with Gasteiger partial charge in [0.2, 0.25) is 11.9 Å². The summed E-state index contributed by atoms with van der Waals surface area (Å²) in [5, 5.41) is 0.517. The van der Waals surface area contributed by atoms with Gasteiger partial charge in [0.05, 0.1) is 5.69 Å². The highest BCUT2D eigenvalue weighted by atomic mass is 35.5. The smallest absolute Gasteiger partial charge is 0.220 e. The molecule has 4 rings (SSSR count). The molecule has 2 aromatic rings. The fourth-order valence-electron chi connectivity index (χ4n) is 3.88. The van der Waals surface area contributed by atoms with E-state index >= 15 is 0 Å². The van der Waals surface area contributed by atoms with Crippen LogP contribution in [0.1, 0.15) is 32.1 Å². The molecule has 146 valence electrons. The summed E-state index contributed by atoms with van der Waals surface area (Å²) in [6, 6.07) is 11.1. The lowest BCUT2D eigenvalue weighted by Gasteiger charge is -2.45. The fraction of sp³-hybridized carbons (Fsp3) is 0.300. The van der Waals surface area contributed by atoms with E-state index in [0.717, 1.165) is 32.1 Å². The quantitative estimate of drug-likeness (QED) is 0.798. The number of nitrogens with two attached hydrogens (primary N) is 2. The summed E-state index contributed by atoms with van der Waals surface area (Å²) in [5.41, 5.74) is 12.2. The second-order valence-electron chi connectivity index (χ2n) is 6.99. The first-order chi connectivity index (χ1) is 13.5. The van der Waals surface area contributed by atoms with Crippen molar-refractivity contribution in [2.45, 2.75) is 37.8 Å². The molecule has 0 radical (unpaired) electrons. The Balaban J connectivity index is 1.80. The molecule has 2 aliphatic rings. The van der Waals surface area contributed by atoms with E-state index in [1.807, 2.05) is 4.90 Å². The second kappa shape index (κ2) is 7.31. The van der Waals surface area contributed by atoms with Crippen molar-refractivity contribution >= 4 is 29.2 Å². The van der Waals surface area contributed by atoms with Gasteiger partial charge < -0.3 is 16.2 Å². The van der Waals surface area contributed by atoms with Crippen molar-refractivity contribution in [3.63, 3.8) is 0 Å². The van der Waals surface area contributed by atoms with Crippen LogP contribution in [0, 0.1) is 5.82 Å². The number of hydrogen-bond donors (Lipinski definition) is 2. The van der Waals surface area contributed by atoms with E-state index in [1.165, 1.54) is 12.1 Å². The van der Waals surface area contributed by atoms with Crippen LogP contribution >= 0.6 is 11.6 Å². The standard InChI is InChI=1S/C20H21ClFN5O/c21-13-7-8-17(28-15-6-4-5-14(22)12-15)16(11-13)27-19(24)25-18(23)26-20(27)9-2-1-3-10-20/h4-8,11-12H,1-3,9-10H2,(H4,23,24,25,26). The maximum Gasteiger partial charge on any atom is 0.220 e. The van der Waals surface area contributed by atoms with Crippen molar-refractivity contribution in [2.75, 3.05) is 4.90 Å². The summed E-state index contributed by atoms with van der Waals surface area (Å²) < 4.78 is 19.6. The minimum absolute atomic E-state index is 0.172. The highest BCUT2D eigenvalue weighted by molar-refractivity contribution is 6.31. The molecule has 0 saturated heterocycles. The summed E-state index contributed by atoms with van der Waals surface area (Å²) in [7, 11) is 0. The predicted molar refractivity (Wildman–Crippen MR) is 109 cm³/mol. The summed E-state index contributed by atoms with van der Waals surface area (Å²) in [5.74, 6) is 0.879. The number of ether oxygens (including phenoxy) is 1. The van der Waals surface area contributed by atoms with Crippen molar-refractivity contribution < 1.29 is 9.13 Å². The van der Waals surface area contributed by atoms with Crippen molar-refractivity contribution in [3.05, 3.63) is 53.3 Å². The minimum Gasteiger partial charge on any atom is -0.455 e. The number of benzene rings is 2. The van der Waals surface area contributed by atoms with Crippen LogP contribution in [-0.4, -0.2) is 17.6 Å². The predicted octanol–water partition coefficient (Wildman–Crippen LogP) is 4.38. The van der Waals surface area contributed by atoms with Gasteiger partial charge in [-0.15, -0.1) is 0 Å². The largest absolute Gasteiger partial charge is 0.455 e. The minimum atomic E-state index is -0.626. The molecule has 1 saturated carbocycles. The Bertz CT molecular complexity index is 955. The molecule has 1 aliphatic heterocycles. The van der Waals surface area contributed by atoms with E-state index in [2.05, 4.69) is 9.98 Å². The summed E-state index contributed by atoms with van der Waals surface area (Å²) in [6.45, 7) is 0. The summed E-state index contributed by atoms with van der Waals surface area (Å²) in [4.78, 5) is 10.7. The monoisotopic (exact) mass is 401 g/mol. The lowest BCUT2D eigenvalue weighted by molar-refractivity contribution is 0.304. The molecule has 8 heteroatoms. The van der Waals surface area contributed by atoms with Gasteiger partial charge in [0.15, 0.2) is 5.75 Å². The van der Waals surface area contributed by atoms with Crippen molar-refractivity contribution in [3.8, 4) is 11.5 Å². The first-order valence-electron chi connectivity index (χ1n) is 9.20. The van der Waals surface area contributed by atoms with E-state index in [4.69, 9.17) is 27.8 Å². The molecule has 0 amide bonds. The van der Waals surface area contributed by atoms with Crippen LogP contribution in [-0.2, 0) is 0 Å². The molecule has 1 heterocycles. The fourth-order valence-corrected chi connectivity index (χ4v) is 4.05. The van der Waals surface area contributed by atoms with E-state index in [1.54, 1.807) is 30.3 Å². The Morgan fingerprint density at radius 2 is 1.86 bits per heavy atom. The van der Waals surface area contributed by atoms with Gasteiger partial charge in [0.25, 0.3) is 0 Å². The van der Waals surface area contributed by atoms with Crippen LogP contribution in [0.15, 0.2) is 52.4 Å². The zero-order valence-corrected chi connectivity index (χ0v) is 16.0. The Labute approximate surface area is 167 Å². The molecular weight excluding hydrogens is 381 g/mol. The van der Waals surface area contributed by atoms with Crippen molar-refractivity contribution in [1.82, 2.24) is 0 Å². The van der Waals surface area contributed by atoms with Crippen LogP contribution in [0.25, 0.3) is 0 Å². The first kappa shape index (κ1) is 18.6. The molecule has 1 fully saturated rings. The van der Waals surface area contributed by atoms with E-state index in [-0.39, 0.29) is 17.7 Å². The maximum atomic E-state index is 13.6. The SMILES string of the molecule is NC1=NC2(CCCCC2)N(c2cc(Cl)ccc2Oc2cccc(F)c2)C(N)=N1. The van der Waals surface area contributed by atoms with Gasteiger partial charge in [-0.1, -0.05) is 24.1 Å². The third-order valence-corrected chi connectivity index (χ3v) is 5.27. The molecule has 0 aromatic heterocycles. The molecule has 6 nitrogen and oxygen atoms in total. The molecule has 28 heavy (non-hydrogen) atoms. The van der Waals surface area contributed by atoms with Gasteiger partial charge in [0.1, 0.15) is 17.2 Å². The van der Waals surface area contributed by atoms with Gasteiger partial charge in [-0.2, -0.15) is 4.99 Å². The molecule has 0 atom stereocenters. The number of rotatable bonds is 3. The third kappa shape index (κ3) is 3.49. The first-order valence-corrected chi connectivity index (χ1v) is 9.57. The maximum absolute atomic E-state index is 13.6. The summed E-state index contributed by atoms with van der Waals surface area (Å²) >= 11 is 6.28. The molecule has 1 aliphatic carbocycles. The Morgan fingerprint density at radius 3 is 2.61 bits per heavy atom. The van der Waals surface area contributed by atoms with E-state index < -0.39 is 5.66 Å². The van der Waals surface area contributed by atoms with Gasteiger partial charge in [-0.3, -0.25) is 4.90 Å². The third-order valence-electron chi connectivity index (χ3n) is 5.04. The zero-order valence-electron chi connectivity index (χ0n) is 15.2. The number of anilines is 1. The highest BCUT2D eigenvalue weighted by Crippen LogP contribution is 2.44. The van der Waals surface area contributed by atoms with E-state index in [0.29, 0.717) is 22.2 Å². The number of hydrogen-bond acceptors (Lipinski definition) is 6. The van der Waals surface area contributed by atoms with Crippen molar-refractivity contribution in [1.29, 1.82) is 0 Å². The highest BCUT2D eigenvalue weighted by Gasteiger charge is 2.43. The topological polar surface area (TPSA) is 89.2 Å². The molecule has 4 N–H and O–H groups in total. The number of guanidine groups is 2. The van der Waals surface area contributed by atoms with Gasteiger partial charge in [0, 0.05) is 11.1 Å². The molecule has 0 bridgehead atoms. The number of aliphatic imine (C=N–C) groups is 2. The second-order valence-corrected chi connectivity index (χ2v) is 7.43. The van der Waals surface area contributed by atoms with Crippen LogP contribution in [0.4, 0.5) is 10.1 Å². The number of halogens is 2. The zero-order chi connectivity index (χ0) is 19.7. The Kier molecular flexibility index (Phi) is 4.85. The summed E-state index contributed by atoms with van der Waals surface area (Å²) in [6.07, 6.45) is 4.71. The molecule has 2 aromatic carbocycles. The normalized spacial score (nSPS) is 18.6.